The Bertz CT molecular complexity index is 500. The molecule has 3 heterocycles. The fraction of sp³-hybridized carbons (Fsp3) is 0.895. The molecule has 2 N–H and O–H groups in total. The third kappa shape index (κ3) is 4.90. The lowest BCUT2D eigenvalue weighted by atomic mass is 9.80. The summed E-state index contributed by atoms with van der Waals surface area (Å²) in [6.07, 6.45) is 4.86. The van der Waals surface area contributed by atoms with E-state index in [0.29, 0.717) is 12.5 Å². The van der Waals surface area contributed by atoms with E-state index in [-0.39, 0.29) is 35.7 Å². The fourth-order valence-electron chi connectivity index (χ4n) is 4.48. The van der Waals surface area contributed by atoms with Crippen molar-refractivity contribution in [2.24, 2.45) is 17.1 Å². The van der Waals surface area contributed by atoms with Gasteiger partial charge in [0.25, 0.3) is 0 Å². The van der Waals surface area contributed by atoms with Crippen LogP contribution in [0.15, 0.2) is 0 Å². The molecule has 3 rings (SSSR count). The maximum atomic E-state index is 12.6. The molecule has 0 aromatic rings. The second-order valence-corrected chi connectivity index (χ2v) is 8.78. The Morgan fingerprint density at radius 2 is 1.58 bits per heavy atom. The van der Waals surface area contributed by atoms with E-state index in [2.05, 4.69) is 18.7 Å². The Labute approximate surface area is 163 Å². The van der Waals surface area contributed by atoms with Crippen LogP contribution < -0.4 is 5.73 Å². The van der Waals surface area contributed by atoms with Gasteiger partial charge in [-0.1, -0.05) is 13.8 Å². The van der Waals surface area contributed by atoms with Gasteiger partial charge in [0.05, 0.1) is 6.54 Å². The summed E-state index contributed by atoms with van der Waals surface area (Å²) in [5.74, 6) is 0.642. The molecular formula is C19H35ClN4O2. The van der Waals surface area contributed by atoms with Crippen LogP contribution in [0.1, 0.15) is 46.0 Å². The molecule has 0 aromatic carbocycles. The summed E-state index contributed by atoms with van der Waals surface area (Å²) in [7, 11) is 0. The normalized spacial score (nSPS) is 27.3. The number of likely N-dealkylation sites (tertiary alicyclic amines) is 3. The van der Waals surface area contributed by atoms with Crippen LogP contribution in [0.25, 0.3) is 0 Å². The highest BCUT2D eigenvalue weighted by Crippen LogP contribution is 2.28. The average Bonchev–Trinajstić information content (AvgIpc) is 3.12. The van der Waals surface area contributed by atoms with Gasteiger partial charge in [-0.15, -0.1) is 12.4 Å². The van der Waals surface area contributed by atoms with Crippen LogP contribution in [0.5, 0.6) is 0 Å². The molecule has 1 atom stereocenters. The summed E-state index contributed by atoms with van der Waals surface area (Å²) in [6, 6.07) is 0.214. The van der Waals surface area contributed by atoms with E-state index in [1.54, 1.807) is 0 Å². The van der Waals surface area contributed by atoms with Gasteiger partial charge in [-0.25, -0.2) is 0 Å². The Kier molecular flexibility index (Phi) is 7.34. The standard InChI is InChI=1S/C19H34N4O2.ClH/c1-19(2)14-21(10-7-16(19)20)13-17(24)22-11-5-15(6-12-22)18(25)23-8-3-4-9-23;/h15-16H,3-14,20H2,1-2H3;1H. The maximum Gasteiger partial charge on any atom is 0.236 e. The van der Waals surface area contributed by atoms with Crippen molar-refractivity contribution in [1.82, 2.24) is 14.7 Å². The van der Waals surface area contributed by atoms with E-state index in [0.717, 1.165) is 71.4 Å². The molecule has 6 nitrogen and oxygen atoms in total. The topological polar surface area (TPSA) is 69.9 Å². The van der Waals surface area contributed by atoms with Crippen molar-refractivity contribution in [3.63, 3.8) is 0 Å². The molecule has 3 aliphatic heterocycles. The van der Waals surface area contributed by atoms with Crippen LogP contribution >= 0.6 is 12.4 Å². The quantitative estimate of drug-likeness (QED) is 0.794. The summed E-state index contributed by atoms with van der Waals surface area (Å²) in [5, 5.41) is 0. The van der Waals surface area contributed by atoms with Crippen LogP contribution in [0.3, 0.4) is 0 Å². The predicted molar refractivity (Wildman–Crippen MR) is 105 cm³/mol. The van der Waals surface area contributed by atoms with Gasteiger partial charge >= 0.3 is 0 Å². The first-order valence-corrected chi connectivity index (χ1v) is 9.91. The molecule has 0 radical (unpaired) electrons. The van der Waals surface area contributed by atoms with Crippen molar-refractivity contribution in [2.75, 3.05) is 45.8 Å². The van der Waals surface area contributed by atoms with Gasteiger partial charge < -0.3 is 15.5 Å². The van der Waals surface area contributed by atoms with E-state index in [4.69, 9.17) is 5.73 Å². The predicted octanol–water partition coefficient (Wildman–Crippen LogP) is 1.33. The van der Waals surface area contributed by atoms with Crippen molar-refractivity contribution < 1.29 is 9.59 Å². The molecule has 3 aliphatic rings. The molecule has 26 heavy (non-hydrogen) atoms. The van der Waals surface area contributed by atoms with E-state index in [9.17, 15) is 9.59 Å². The summed E-state index contributed by atoms with van der Waals surface area (Å²) < 4.78 is 0. The van der Waals surface area contributed by atoms with E-state index >= 15 is 0 Å². The Morgan fingerprint density at radius 3 is 2.15 bits per heavy atom. The minimum Gasteiger partial charge on any atom is -0.342 e. The van der Waals surface area contributed by atoms with E-state index < -0.39 is 0 Å². The van der Waals surface area contributed by atoms with Crippen LogP contribution in [0, 0.1) is 11.3 Å². The number of halogens is 1. The molecule has 3 fully saturated rings. The number of nitrogens with two attached hydrogens (primary N) is 1. The number of amides is 2. The van der Waals surface area contributed by atoms with Crippen molar-refractivity contribution in [3.8, 4) is 0 Å². The summed E-state index contributed by atoms with van der Waals surface area (Å²) in [5.41, 5.74) is 6.25. The zero-order valence-corrected chi connectivity index (χ0v) is 17.1. The number of hydrogen-bond donors (Lipinski definition) is 1. The number of hydrogen-bond acceptors (Lipinski definition) is 4. The van der Waals surface area contributed by atoms with Crippen molar-refractivity contribution in [2.45, 2.75) is 52.0 Å². The van der Waals surface area contributed by atoms with Gasteiger partial charge in [-0.3, -0.25) is 14.5 Å². The molecule has 0 aliphatic carbocycles. The third-order valence-electron chi connectivity index (χ3n) is 6.36. The van der Waals surface area contributed by atoms with Crippen LogP contribution in [-0.4, -0.2) is 78.4 Å². The molecule has 3 saturated heterocycles. The summed E-state index contributed by atoms with van der Waals surface area (Å²) in [4.78, 5) is 31.4. The fourth-order valence-corrected chi connectivity index (χ4v) is 4.48. The SMILES string of the molecule is CC1(C)CN(CC(=O)N2CCC(C(=O)N3CCCC3)CC2)CCC1N.Cl. The van der Waals surface area contributed by atoms with Crippen LogP contribution in [0.4, 0.5) is 0 Å². The monoisotopic (exact) mass is 386 g/mol. The Morgan fingerprint density at radius 1 is 0.962 bits per heavy atom. The molecule has 7 heteroatoms. The number of carbonyl (C=O) groups is 2. The Balaban J connectivity index is 0.00000243. The highest BCUT2D eigenvalue weighted by Gasteiger charge is 2.35. The summed E-state index contributed by atoms with van der Waals surface area (Å²) in [6.45, 7) is 9.92. The second kappa shape index (κ2) is 8.89. The van der Waals surface area contributed by atoms with Crippen LogP contribution in [0.2, 0.25) is 0 Å². The molecule has 0 bridgehead atoms. The summed E-state index contributed by atoms with van der Waals surface area (Å²) >= 11 is 0. The number of rotatable bonds is 3. The minimum absolute atomic E-state index is 0. The zero-order valence-electron chi connectivity index (χ0n) is 16.3. The van der Waals surface area contributed by atoms with Crippen LogP contribution in [-0.2, 0) is 9.59 Å². The van der Waals surface area contributed by atoms with Crippen molar-refractivity contribution >= 4 is 24.2 Å². The van der Waals surface area contributed by atoms with Gasteiger partial charge in [-0.2, -0.15) is 0 Å². The second-order valence-electron chi connectivity index (χ2n) is 8.78. The number of piperidine rings is 2. The minimum atomic E-state index is 0. The first-order chi connectivity index (χ1) is 11.9. The molecule has 0 saturated carbocycles. The highest BCUT2D eigenvalue weighted by molar-refractivity contribution is 5.85. The van der Waals surface area contributed by atoms with Crippen molar-refractivity contribution in [1.29, 1.82) is 0 Å². The number of nitrogens with zero attached hydrogens (tertiary/aromatic N) is 3. The van der Waals surface area contributed by atoms with Gasteiger partial charge in [0.15, 0.2) is 0 Å². The zero-order chi connectivity index (χ0) is 18.0. The average molecular weight is 387 g/mol. The molecular weight excluding hydrogens is 352 g/mol. The maximum absolute atomic E-state index is 12.6. The van der Waals surface area contributed by atoms with Crippen molar-refractivity contribution in [3.05, 3.63) is 0 Å². The van der Waals surface area contributed by atoms with Gasteiger partial charge in [0, 0.05) is 51.2 Å². The smallest absolute Gasteiger partial charge is 0.236 e. The number of carbonyl (C=O) groups excluding carboxylic acids is 2. The lowest BCUT2D eigenvalue weighted by Crippen LogP contribution is -2.55. The molecule has 0 aromatic heterocycles. The third-order valence-corrected chi connectivity index (χ3v) is 6.36. The highest BCUT2D eigenvalue weighted by atomic mass is 35.5. The van der Waals surface area contributed by atoms with E-state index in [1.807, 2.05) is 9.80 Å². The van der Waals surface area contributed by atoms with Gasteiger partial charge in [-0.05, 0) is 37.5 Å². The lowest BCUT2D eigenvalue weighted by molar-refractivity contribution is -0.140. The lowest BCUT2D eigenvalue weighted by Gasteiger charge is -2.43. The largest absolute Gasteiger partial charge is 0.342 e. The first kappa shape index (κ1) is 21.5. The molecule has 150 valence electrons. The van der Waals surface area contributed by atoms with E-state index in [1.165, 1.54) is 0 Å². The molecule has 2 amide bonds. The van der Waals surface area contributed by atoms with Gasteiger partial charge in [0.1, 0.15) is 0 Å². The Hall–Kier alpha value is -0.850. The molecule has 0 spiro atoms. The molecule has 1 unspecified atom stereocenters. The first-order valence-electron chi connectivity index (χ1n) is 9.91. The van der Waals surface area contributed by atoms with Gasteiger partial charge in [0.2, 0.25) is 11.8 Å².